The lowest BCUT2D eigenvalue weighted by atomic mass is 9.95. The summed E-state index contributed by atoms with van der Waals surface area (Å²) >= 11 is 0. The summed E-state index contributed by atoms with van der Waals surface area (Å²) in [5.74, 6) is 0. The van der Waals surface area contributed by atoms with Crippen LogP contribution in [0.4, 0.5) is 0 Å². The van der Waals surface area contributed by atoms with Crippen molar-refractivity contribution in [3.05, 3.63) is 152 Å². The Morgan fingerprint density at radius 1 is 0.378 bits per heavy atom. The number of aromatic nitrogens is 1. The van der Waals surface area contributed by atoms with Crippen LogP contribution in [0.3, 0.4) is 0 Å². The van der Waals surface area contributed by atoms with Crippen LogP contribution in [0.5, 0.6) is 0 Å². The average molecular weight is 576 g/mol. The third-order valence-electron chi connectivity index (χ3n) is 9.18. The van der Waals surface area contributed by atoms with Crippen molar-refractivity contribution in [3.8, 4) is 27.9 Å². The van der Waals surface area contributed by atoms with Crippen molar-refractivity contribution in [1.82, 2.24) is 4.57 Å². The van der Waals surface area contributed by atoms with Gasteiger partial charge in [-0.15, -0.1) is 0 Å². The van der Waals surface area contributed by atoms with Gasteiger partial charge in [0.25, 0.3) is 0 Å². The van der Waals surface area contributed by atoms with Crippen molar-refractivity contribution in [3.63, 3.8) is 0 Å². The van der Waals surface area contributed by atoms with Crippen LogP contribution in [-0.2, 0) is 0 Å². The zero-order chi connectivity index (χ0) is 29.5. The van der Waals surface area contributed by atoms with Gasteiger partial charge in [-0.25, -0.2) is 0 Å². The van der Waals surface area contributed by atoms with E-state index in [4.69, 9.17) is 8.83 Å². The Hall–Kier alpha value is -6.06. The number of rotatable bonds is 3. The molecule has 3 nitrogen and oxygen atoms in total. The number of fused-ring (bicyclic) bond motifs is 10. The highest BCUT2D eigenvalue weighted by atomic mass is 16.3. The molecule has 45 heavy (non-hydrogen) atoms. The van der Waals surface area contributed by atoms with Crippen LogP contribution in [0, 0.1) is 0 Å². The number of para-hydroxylation sites is 3. The fraction of sp³-hybridized carbons (Fsp3) is 0. The number of furan rings is 2. The molecule has 0 unspecified atom stereocenters. The summed E-state index contributed by atoms with van der Waals surface area (Å²) < 4.78 is 15.4. The van der Waals surface area contributed by atoms with E-state index in [1.54, 1.807) is 0 Å². The molecule has 0 amide bonds. The molecule has 0 bridgehead atoms. The molecule has 210 valence electrons. The van der Waals surface area contributed by atoms with Gasteiger partial charge in [0.15, 0.2) is 0 Å². The molecule has 0 saturated heterocycles. The molecule has 0 aliphatic rings. The number of nitrogens with zero attached hydrogens (tertiary/aromatic N) is 1. The first kappa shape index (κ1) is 24.4. The fourth-order valence-electron chi connectivity index (χ4n) is 7.15. The predicted molar refractivity (Wildman–Crippen MR) is 186 cm³/mol. The minimum absolute atomic E-state index is 0.837. The first-order valence-electron chi connectivity index (χ1n) is 15.3. The lowest BCUT2D eigenvalue weighted by Gasteiger charge is -2.10. The maximum absolute atomic E-state index is 6.83. The monoisotopic (exact) mass is 575 g/mol. The summed E-state index contributed by atoms with van der Waals surface area (Å²) in [5.41, 5.74) is 11.5. The molecule has 3 aromatic heterocycles. The van der Waals surface area contributed by atoms with Crippen LogP contribution in [0.2, 0.25) is 0 Å². The molecule has 0 aliphatic heterocycles. The molecule has 0 spiro atoms. The Kier molecular flexibility index (Phi) is 5.00. The van der Waals surface area contributed by atoms with Gasteiger partial charge in [-0.2, -0.15) is 0 Å². The van der Waals surface area contributed by atoms with Gasteiger partial charge in [-0.1, -0.05) is 91.0 Å². The van der Waals surface area contributed by atoms with E-state index in [0.717, 1.165) is 66.3 Å². The second kappa shape index (κ2) is 9.22. The van der Waals surface area contributed by atoms with Crippen LogP contribution in [0.1, 0.15) is 0 Å². The van der Waals surface area contributed by atoms with Crippen molar-refractivity contribution < 1.29 is 8.83 Å². The molecule has 10 rings (SSSR count). The minimum atomic E-state index is 0.837. The lowest BCUT2D eigenvalue weighted by Crippen LogP contribution is -1.92. The van der Waals surface area contributed by atoms with Gasteiger partial charge in [0, 0.05) is 38.2 Å². The quantitative estimate of drug-likeness (QED) is 0.210. The Balaban J connectivity index is 1.27. The molecule has 0 atom stereocenters. The molecule has 3 heteroatoms. The molecule has 10 aromatic rings. The zero-order valence-corrected chi connectivity index (χ0v) is 24.2. The molecule has 0 saturated carbocycles. The van der Waals surface area contributed by atoms with E-state index in [1.165, 1.54) is 27.4 Å². The summed E-state index contributed by atoms with van der Waals surface area (Å²) in [5, 5.41) is 6.75. The van der Waals surface area contributed by atoms with Crippen molar-refractivity contribution in [2.24, 2.45) is 0 Å². The lowest BCUT2D eigenvalue weighted by molar-refractivity contribution is 0.663. The van der Waals surface area contributed by atoms with Gasteiger partial charge in [0.05, 0.1) is 16.4 Å². The van der Waals surface area contributed by atoms with E-state index in [0.29, 0.717) is 0 Å². The first-order chi connectivity index (χ1) is 22.3. The van der Waals surface area contributed by atoms with Crippen molar-refractivity contribution in [2.75, 3.05) is 0 Å². The second-order valence-electron chi connectivity index (χ2n) is 11.7. The highest BCUT2D eigenvalue weighted by Gasteiger charge is 2.20. The van der Waals surface area contributed by atoms with Crippen LogP contribution in [0.25, 0.3) is 93.6 Å². The average Bonchev–Trinajstić information content (AvgIpc) is 3.77. The fourth-order valence-corrected chi connectivity index (χ4v) is 7.15. The predicted octanol–water partition coefficient (Wildman–Crippen LogP) is 11.9. The molecule has 3 heterocycles. The summed E-state index contributed by atoms with van der Waals surface area (Å²) in [7, 11) is 0. The van der Waals surface area contributed by atoms with Gasteiger partial charge in [0.1, 0.15) is 22.3 Å². The topological polar surface area (TPSA) is 31.2 Å². The highest BCUT2D eigenvalue weighted by Crippen LogP contribution is 2.44. The van der Waals surface area contributed by atoms with Gasteiger partial charge in [-0.05, 0) is 77.4 Å². The van der Waals surface area contributed by atoms with E-state index in [1.807, 2.05) is 12.1 Å². The zero-order valence-electron chi connectivity index (χ0n) is 24.2. The van der Waals surface area contributed by atoms with E-state index in [-0.39, 0.29) is 0 Å². The summed E-state index contributed by atoms with van der Waals surface area (Å²) in [6.07, 6.45) is 0. The Morgan fingerprint density at radius 2 is 1.09 bits per heavy atom. The van der Waals surface area contributed by atoms with Crippen molar-refractivity contribution in [2.45, 2.75) is 0 Å². The molecule has 0 N–H and O–H groups in total. The Labute approximate surface area is 258 Å². The molecule has 0 fully saturated rings. The van der Waals surface area contributed by atoms with Crippen molar-refractivity contribution >= 4 is 65.7 Å². The van der Waals surface area contributed by atoms with E-state index >= 15 is 0 Å². The molecular weight excluding hydrogens is 550 g/mol. The van der Waals surface area contributed by atoms with E-state index < -0.39 is 0 Å². The Morgan fingerprint density at radius 3 is 1.96 bits per heavy atom. The van der Waals surface area contributed by atoms with E-state index in [9.17, 15) is 0 Å². The molecular formula is C42H25NO2. The first-order valence-corrected chi connectivity index (χ1v) is 15.3. The minimum Gasteiger partial charge on any atom is -0.456 e. The molecule has 0 radical (unpaired) electrons. The third-order valence-corrected chi connectivity index (χ3v) is 9.18. The van der Waals surface area contributed by atoms with Crippen LogP contribution in [0.15, 0.2) is 160 Å². The van der Waals surface area contributed by atoms with Gasteiger partial charge in [0.2, 0.25) is 0 Å². The third kappa shape index (κ3) is 3.52. The maximum Gasteiger partial charge on any atom is 0.147 e. The van der Waals surface area contributed by atoms with Gasteiger partial charge in [-0.3, -0.25) is 0 Å². The van der Waals surface area contributed by atoms with Crippen LogP contribution in [-0.4, -0.2) is 4.57 Å². The van der Waals surface area contributed by atoms with Crippen molar-refractivity contribution in [1.29, 1.82) is 0 Å². The SMILES string of the molecule is c1ccc(-c2cc(-c3ccc4c(c3)c3ccccc3n4-c3ccccc3)cc3c2oc2c3ccc3oc4ccccc4c32)cc1. The largest absolute Gasteiger partial charge is 0.456 e. The molecule has 0 aliphatic carbocycles. The summed E-state index contributed by atoms with van der Waals surface area (Å²) in [6.45, 7) is 0. The number of benzene rings is 7. The number of hydrogen-bond donors (Lipinski definition) is 0. The van der Waals surface area contributed by atoms with E-state index in [2.05, 4.69) is 144 Å². The van der Waals surface area contributed by atoms with Gasteiger partial charge < -0.3 is 13.4 Å². The summed E-state index contributed by atoms with van der Waals surface area (Å²) in [4.78, 5) is 0. The Bertz CT molecular complexity index is 2740. The number of hydrogen-bond acceptors (Lipinski definition) is 2. The molecule has 7 aromatic carbocycles. The standard InChI is InChI=1S/C42H25NO2/c1-3-11-26(12-4-1)33-24-28(25-35-31-20-22-39-40(42(31)45-41(33)35)32-16-8-10-18-38(32)44-39)27-19-21-37-34(23-27)30-15-7-9-17-36(30)43(37)29-13-5-2-6-14-29/h1-25H. The summed E-state index contributed by atoms with van der Waals surface area (Å²) in [6, 6.07) is 53.7. The van der Waals surface area contributed by atoms with Crippen LogP contribution >= 0.6 is 0 Å². The normalized spacial score (nSPS) is 12.0. The smallest absolute Gasteiger partial charge is 0.147 e. The highest BCUT2D eigenvalue weighted by molar-refractivity contribution is 6.23. The van der Waals surface area contributed by atoms with Gasteiger partial charge >= 0.3 is 0 Å². The van der Waals surface area contributed by atoms with Crippen LogP contribution < -0.4 is 0 Å². The maximum atomic E-state index is 6.83. The second-order valence-corrected chi connectivity index (χ2v) is 11.7.